The lowest BCUT2D eigenvalue weighted by molar-refractivity contribution is 0.1000. The first-order chi connectivity index (χ1) is 7.38. The largest absolute Gasteiger partial charge is 0.381 e. The highest BCUT2D eigenvalue weighted by atomic mass is 32.2. The van der Waals surface area contributed by atoms with Gasteiger partial charge in [0.05, 0.1) is 0 Å². The van der Waals surface area contributed by atoms with Gasteiger partial charge in [-0.1, -0.05) is 11.3 Å². The van der Waals surface area contributed by atoms with Gasteiger partial charge in [-0.25, -0.2) is 5.84 Å². The number of hydrogen-bond donors (Lipinski definition) is 2. The number of nitrogen functional groups attached to an aromatic ring is 1. The molecule has 3 N–H and O–H groups in total. The lowest BCUT2D eigenvalue weighted by Gasteiger charge is -2.20. The molecule has 1 fully saturated rings. The van der Waals surface area contributed by atoms with E-state index in [1.807, 2.05) is 11.8 Å². The van der Waals surface area contributed by atoms with Gasteiger partial charge in [0.1, 0.15) is 5.01 Å². The molecule has 1 aromatic heterocycles. The van der Waals surface area contributed by atoms with Gasteiger partial charge in [-0.05, 0) is 12.8 Å². The maximum Gasteiger partial charge on any atom is 0.219 e. The minimum Gasteiger partial charge on any atom is -0.381 e. The Balaban J connectivity index is 1.76. The zero-order valence-electron chi connectivity index (χ0n) is 8.31. The lowest BCUT2D eigenvalue weighted by atomic mass is 10.2. The summed E-state index contributed by atoms with van der Waals surface area (Å²) in [5, 5.41) is 10.3. The van der Waals surface area contributed by atoms with Crippen molar-refractivity contribution in [2.75, 3.05) is 18.6 Å². The lowest BCUT2D eigenvalue weighted by Crippen LogP contribution is -2.17. The molecule has 0 aliphatic carbocycles. The Hall–Kier alpha value is -0.370. The van der Waals surface area contributed by atoms with E-state index < -0.39 is 0 Å². The fraction of sp³-hybridized carbons (Fsp3) is 0.750. The number of aromatic nitrogens is 2. The molecule has 0 bridgehead atoms. The molecule has 0 spiro atoms. The van der Waals surface area contributed by atoms with E-state index in [0.717, 1.165) is 36.8 Å². The minimum absolute atomic E-state index is 0.678. The van der Waals surface area contributed by atoms with Crippen LogP contribution in [0.25, 0.3) is 0 Å². The quantitative estimate of drug-likeness (QED) is 0.615. The van der Waals surface area contributed by atoms with E-state index >= 15 is 0 Å². The molecule has 15 heavy (non-hydrogen) atoms. The second-order valence-corrected chi connectivity index (χ2v) is 5.62. The zero-order chi connectivity index (χ0) is 10.5. The summed E-state index contributed by atoms with van der Waals surface area (Å²) in [5.74, 6) is 6.16. The van der Waals surface area contributed by atoms with Gasteiger partial charge in [0.2, 0.25) is 5.13 Å². The first-order valence-corrected chi connectivity index (χ1v) is 6.73. The van der Waals surface area contributed by atoms with Crippen LogP contribution < -0.4 is 11.3 Å². The van der Waals surface area contributed by atoms with Gasteiger partial charge in [-0.3, -0.25) is 5.43 Å². The van der Waals surface area contributed by atoms with Crippen molar-refractivity contribution >= 4 is 28.2 Å². The van der Waals surface area contributed by atoms with Crippen LogP contribution in [0.15, 0.2) is 0 Å². The Kier molecular flexibility index (Phi) is 4.18. The molecule has 1 saturated heterocycles. The van der Waals surface area contributed by atoms with Crippen molar-refractivity contribution in [1.82, 2.24) is 10.2 Å². The van der Waals surface area contributed by atoms with Crippen LogP contribution >= 0.6 is 23.1 Å². The molecule has 0 unspecified atom stereocenters. The number of hydrogen-bond acceptors (Lipinski definition) is 7. The molecule has 1 aromatic rings. The highest BCUT2D eigenvalue weighted by Crippen LogP contribution is 2.27. The molecular formula is C8H14N4OS2. The van der Waals surface area contributed by atoms with Gasteiger partial charge in [0.15, 0.2) is 0 Å². The summed E-state index contributed by atoms with van der Waals surface area (Å²) in [5.41, 5.74) is 2.50. The smallest absolute Gasteiger partial charge is 0.219 e. The highest BCUT2D eigenvalue weighted by Gasteiger charge is 2.15. The topological polar surface area (TPSA) is 73.1 Å². The highest BCUT2D eigenvalue weighted by molar-refractivity contribution is 7.99. The van der Waals surface area contributed by atoms with Crippen molar-refractivity contribution in [2.45, 2.75) is 23.8 Å². The third-order valence-corrected chi connectivity index (χ3v) is 4.62. The van der Waals surface area contributed by atoms with E-state index in [0.29, 0.717) is 10.4 Å². The fourth-order valence-electron chi connectivity index (χ4n) is 1.40. The summed E-state index contributed by atoms with van der Waals surface area (Å²) in [6, 6.07) is 0. The molecule has 0 amide bonds. The number of nitrogens with one attached hydrogen (secondary N) is 1. The van der Waals surface area contributed by atoms with Gasteiger partial charge < -0.3 is 4.74 Å². The van der Waals surface area contributed by atoms with Gasteiger partial charge in [-0.2, -0.15) is 11.8 Å². The second-order valence-electron chi connectivity index (χ2n) is 3.27. The van der Waals surface area contributed by atoms with Crippen molar-refractivity contribution < 1.29 is 4.74 Å². The van der Waals surface area contributed by atoms with Crippen molar-refractivity contribution in [3.05, 3.63) is 5.01 Å². The Morgan fingerprint density at radius 2 is 2.27 bits per heavy atom. The van der Waals surface area contributed by atoms with Crippen LogP contribution in [0.4, 0.5) is 5.13 Å². The summed E-state index contributed by atoms with van der Waals surface area (Å²) >= 11 is 3.44. The number of ether oxygens (including phenoxy) is 1. The molecule has 0 radical (unpaired) electrons. The number of hydrazine groups is 1. The van der Waals surface area contributed by atoms with Crippen molar-refractivity contribution in [2.24, 2.45) is 5.84 Å². The first-order valence-electron chi connectivity index (χ1n) is 4.87. The summed E-state index contributed by atoms with van der Waals surface area (Å²) in [7, 11) is 0. The number of thioether (sulfide) groups is 1. The SMILES string of the molecule is NNc1nnc(CSC2CCOCC2)s1. The van der Waals surface area contributed by atoms with Crippen molar-refractivity contribution in [3.8, 4) is 0 Å². The van der Waals surface area contributed by atoms with E-state index in [4.69, 9.17) is 10.6 Å². The minimum atomic E-state index is 0.678. The summed E-state index contributed by atoms with van der Waals surface area (Å²) in [6.45, 7) is 1.78. The third-order valence-electron chi connectivity index (χ3n) is 2.20. The average molecular weight is 246 g/mol. The maximum atomic E-state index is 5.31. The van der Waals surface area contributed by atoms with E-state index in [-0.39, 0.29) is 0 Å². The van der Waals surface area contributed by atoms with Crippen molar-refractivity contribution in [3.63, 3.8) is 0 Å². The number of anilines is 1. The number of rotatable bonds is 4. The van der Waals surface area contributed by atoms with Crippen LogP contribution in [0.5, 0.6) is 0 Å². The predicted octanol–water partition coefficient (Wildman–Crippen LogP) is 1.24. The molecule has 7 heteroatoms. The fourth-order valence-corrected chi connectivity index (χ4v) is 3.25. The first kappa shape index (κ1) is 11.1. The molecule has 1 aliphatic heterocycles. The van der Waals surface area contributed by atoms with E-state index in [2.05, 4.69) is 15.6 Å². The van der Waals surface area contributed by atoms with Crippen LogP contribution in [-0.4, -0.2) is 28.7 Å². The molecule has 1 aliphatic rings. The average Bonchev–Trinajstić information content (AvgIpc) is 2.76. The number of nitrogens with two attached hydrogens (primary N) is 1. The maximum absolute atomic E-state index is 5.31. The van der Waals surface area contributed by atoms with Crippen molar-refractivity contribution in [1.29, 1.82) is 0 Å². The summed E-state index contributed by atoms with van der Waals surface area (Å²) in [4.78, 5) is 0. The van der Waals surface area contributed by atoms with Crippen LogP contribution in [0.3, 0.4) is 0 Å². The van der Waals surface area contributed by atoms with Gasteiger partial charge >= 0.3 is 0 Å². The monoisotopic (exact) mass is 246 g/mol. The molecule has 2 heterocycles. The van der Waals surface area contributed by atoms with E-state index in [9.17, 15) is 0 Å². The zero-order valence-corrected chi connectivity index (χ0v) is 9.94. The predicted molar refractivity (Wildman–Crippen MR) is 62.9 cm³/mol. The van der Waals surface area contributed by atoms with Crippen LogP contribution in [0.2, 0.25) is 0 Å². The van der Waals surface area contributed by atoms with Crippen LogP contribution in [0, 0.1) is 0 Å². The van der Waals surface area contributed by atoms with Gasteiger partial charge in [0.25, 0.3) is 0 Å². The standard InChI is InChI=1S/C8H14N4OS2/c9-10-8-12-11-7(15-8)5-14-6-1-3-13-4-2-6/h6H,1-5,9H2,(H,10,12). The molecule has 0 saturated carbocycles. The van der Waals surface area contributed by atoms with Gasteiger partial charge in [-0.15, -0.1) is 10.2 Å². The number of nitrogens with zero attached hydrogens (tertiary/aromatic N) is 2. The molecule has 2 rings (SSSR count). The van der Waals surface area contributed by atoms with Gasteiger partial charge in [0, 0.05) is 24.2 Å². The third kappa shape index (κ3) is 3.30. The van der Waals surface area contributed by atoms with E-state index in [1.165, 1.54) is 11.3 Å². The molecule has 5 nitrogen and oxygen atoms in total. The Morgan fingerprint density at radius 1 is 1.47 bits per heavy atom. The Morgan fingerprint density at radius 3 is 2.93 bits per heavy atom. The normalized spacial score (nSPS) is 17.9. The second kappa shape index (κ2) is 5.64. The molecule has 0 aromatic carbocycles. The Bertz CT molecular complexity index is 301. The Labute approximate surface area is 96.8 Å². The summed E-state index contributed by atoms with van der Waals surface area (Å²) in [6.07, 6.45) is 2.29. The molecule has 84 valence electrons. The van der Waals surface area contributed by atoms with E-state index in [1.54, 1.807) is 0 Å². The molecular weight excluding hydrogens is 232 g/mol. The van der Waals surface area contributed by atoms with Crippen LogP contribution in [0.1, 0.15) is 17.8 Å². The molecule has 0 atom stereocenters. The summed E-state index contributed by atoms with van der Waals surface area (Å²) < 4.78 is 5.31. The van der Waals surface area contributed by atoms with Crippen LogP contribution in [-0.2, 0) is 10.5 Å².